The molecule has 1 aromatic heterocycles. The summed E-state index contributed by atoms with van der Waals surface area (Å²) in [5, 5.41) is 3.55. The normalized spacial score (nSPS) is 16.9. The van der Waals surface area contributed by atoms with Gasteiger partial charge in [-0.05, 0) is 64.7 Å². The highest BCUT2D eigenvalue weighted by Gasteiger charge is 2.30. The standard InChI is InChI=1S/C26H34N4O2/c1-19-12-14-20(15-13-19)18-30-23-11-6-5-10-22(23)28-24(30)27-17-21-9-7-8-16-29(21)25(31)32-26(2,3)4/h5-6,10-15,21H,7-9,16-18H2,1-4H3,(H,27,28). The van der Waals surface area contributed by atoms with Crippen molar-refractivity contribution in [2.45, 2.75) is 65.1 Å². The third-order valence-corrected chi connectivity index (χ3v) is 5.87. The van der Waals surface area contributed by atoms with Gasteiger partial charge in [0.1, 0.15) is 5.60 Å². The fourth-order valence-corrected chi connectivity index (χ4v) is 4.23. The van der Waals surface area contributed by atoms with Crippen LogP contribution in [0.15, 0.2) is 48.5 Å². The van der Waals surface area contributed by atoms with Gasteiger partial charge in [0.2, 0.25) is 5.95 Å². The first kappa shape index (κ1) is 22.2. The number of rotatable bonds is 5. The minimum Gasteiger partial charge on any atom is -0.444 e. The van der Waals surface area contributed by atoms with Crippen LogP contribution in [0.4, 0.5) is 10.7 Å². The maximum absolute atomic E-state index is 12.8. The van der Waals surface area contributed by atoms with E-state index in [-0.39, 0.29) is 12.1 Å². The number of aryl methyl sites for hydroxylation is 1. The fraction of sp³-hybridized carbons (Fsp3) is 0.462. The number of nitrogens with one attached hydrogen (secondary N) is 1. The summed E-state index contributed by atoms with van der Waals surface area (Å²) >= 11 is 0. The van der Waals surface area contributed by atoms with Crippen molar-refractivity contribution in [3.8, 4) is 0 Å². The molecule has 170 valence electrons. The minimum absolute atomic E-state index is 0.0891. The van der Waals surface area contributed by atoms with Gasteiger partial charge in [-0.1, -0.05) is 42.0 Å². The van der Waals surface area contributed by atoms with Crippen molar-refractivity contribution in [1.29, 1.82) is 0 Å². The van der Waals surface area contributed by atoms with Crippen LogP contribution in [-0.4, -0.2) is 45.3 Å². The van der Waals surface area contributed by atoms with Crippen LogP contribution < -0.4 is 5.32 Å². The number of carbonyl (C=O) groups is 1. The zero-order valence-electron chi connectivity index (χ0n) is 19.6. The van der Waals surface area contributed by atoms with Crippen LogP contribution in [0.25, 0.3) is 11.0 Å². The molecule has 1 saturated heterocycles. The molecule has 1 N–H and O–H groups in total. The molecule has 1 atom stereocenters. The number of imidazole rings is 1. The molecule has 2 heterocycles. The molecule has 1 aliphatic rings. The maximum Gasteiger partial charge on any atom is 0.410 e. The zero-order valence-corrected chi connectivity index (χ0v) is 19.6. The Morgan fingerprint density at radius 1 is 1.12 bits per heavy atom. The number of carbonyl (C=O) groups excluding carboxylic acids is 1. The average Bonchev–Trinajstić information content (AvgIpc) is 3.10. The second kappa shape index (κ2) is 9.23. The van der Waals surface area contributed by atoms with E-state index in [2.05, 4.69) is 47.1 Å². The van der Waals surface area contributed by atoms with Gasteiger partial charge < -0.3 is 19.5 Å². The van der Waals surface area contributed by atoms with Crippen LogP contribution in [0.3, 0.4) is 0 Å². The second-order valence-corrected chi connectivity index (χ2v) is 9.70. The van der Waals surface area contributed by atoms with E-state index in [9.17, 15) is 4.79 Å². The second-order valence-electron chi connectivity index (χ2n) is 9.70. The summed E-state index contributed by atoms with van der Waals surface area (Å²) in [7, 11) is 0. The smallest absolute Gasteiger partial charge is 0.410 e. The molecular formula is C26H34N4O2. The van der Waals surface area contributed by atoms with Crippen molar-refractivity contribution in [1.82, 2.24) is 14.5 Å². The van der Waals surface area contributed by atoms with Crippen molar-refractivity contribution >= 4 is 23.1 Å². The van der Waals surface area contributed by atoms with Gasteiger partial charge in [-0.2, -0.15) is 0 Å². The highest BCUT2D eigenvalue weighted by molar-refractivity contribution is 5.78. The molecule has 0 saturated carbocycles. The summed E-state index contributed by atoms with van der Waals surface area (Å²) in [5.41, 5.74) is 4.06. The summed E-state index contributed by atoms with van der Waals surface area (Å²) in [6, 6.07) is 16.9. The van der Waals surface area contributed by atoms with Gasteiger partial charge in [0.25, 0.3) is 0 Å². The average molecular weight is 435 g/mol. The lowest BCUT2D eigenvalue weighted by atomic mass is 10.0. The third-order valence-electron chi connectivity index (χ3n) is 5.87. The first-order chi connectivity index (χ1) is 15.3. The van der Waals surface area contributed by atoms with Crippen molar-refractivity contribution in [3.05, 3.63) is 59.7 Å². The Balaban J connectivity index is 1.54. The number of amides is 1. The molecule has 0 radical (unpaired) electrons. The van der Waals surface area contributed by atoms with E-state index in [0.717, 1.165) is 49.3 Å². The van der Waals surface area contributed by atoms with Crippen LogP contribution in [-0.2, 0) is 11.3 Å². The molecule has 1 amide bonds. The molecule has 6 heteroatoms. The van der Waals surface area contributed by atoms with E-state index in [1.807, 2.05) is 43.9 Å². The molecule has 3 aromatic rings. The summed E-state index contributed by atoms with van der Waals surface area (Å²) in [4.78, 5) is 19.5. The van der Waals surface area contributed by atoms with E-state index >= 15 is 0 Å². The third kappa shape index (κ3) is 5.23. The summed E-state index contributed by atoms with van der Waals surface area (Å²) in [6.45, 7) is 9.96. The van der Waals surface area contributed by atoms with Crippen molar-refractivity contribution in [2.24, 2.45) is 0 Å². The van der Waals surface area contributed by atoms with E-state index in [1.165, 1.54) is 11.1 Å². The summed E-state index contributed by atoms with van der Waals surface area (Å²) in [6.07, 6.45) is 2.87. The first-order valence-electron chi connectivity index (χ1n) is 11.5. The minimum atomic E-state index is -0.492. The van der Waals surface area contributed by atoms with Crippen molar-refractivity contribution in [3.63, 3.8) is 0 Å². The Bertz CT molecular complexity index is 1070. The molecule has 0 bridgehead atoms. The topological polar surface area (TPSA) is 59.4 Å². The van der Waals surface area contributed by atoms with Gasteiger partial charge in [0.15, 0.2) is 0 Å². The molecular weight excluding hydrogens is 400 g/mol. The fourth-order valence-electron chi connectivity index (χ4n) is 4.23. The highest BCUT2D eigenvalue weighted by Crippen LogP contribution is 2.24. The Hall–Kier alpha value is -3.02. The highest BCUT2D eigenvalue weighted by atomic mass is 16.6. The number of aromatic nitrogens is 2. The molecule has 4 rings (SSSR count). The predicted molar refractivity (Wildman–Crippen MR) is 129 cm³/mol. The Morgan fingerprint density at radius 3 is 2.62 bits per heavy atom. The largest absolute Gasteiger partial charge is 0.444 e. The van der Waals surface area contributed by atoms with Gasteiger partial charge in [-0.15, -0.1) is 0 Å². The summed E-state index contributed by atoms with van der Waals surface area (Å²) in [5.74, 6) is 0.835. The monoisotopic (exact) mass is 434 g/mol. The van der Waals surface area contributed by atoms with Crippen LogP contribution in [0, 0.1) is 6.92 Å². The molecule has 2 aromatic carbocycles. The first-order valence-corrected chi connectivity index (χ1v) is 11.5. The maximum atomic E-state index is 12.8. The number of ether oxygens (including phenoxy) is 1. The van der Waals surface area contributed by atoms with Crippen LogP contribution in [0.1, 0.15) is 51.2 Å². The van der Waals surface area contributed by atoms with Gasteiger partial charge >= 0.3 is 6.09 Å². The molecule has 1 fully saturated rings. The van der Waals surface area contributed by atoms with E-state index < -0.39 is 5.60 Å². The number of fused-ring (bicyclic) bond motifs is 1. The van der Waals surface area contributed by atoms with Gasteiger partial charge in [-0.25, -0.2) is 9.78 Å². The number of likely N-dealkylation sites (tertiary alicyclic amines) is 1. The number of benzene rings is 2. The van der Waals surface area contributed by atoms with Gasteiger partial charge in [0, 0.05) is 13.1 Å². The lowest BCUT2D eigenvalue weighted by Gasteiger charge is -2.36. The number of para-hydroxylation sites is 2. The molecule has 32 heavy (non-hydrogen) atoms. The SMILES string of the molecule is Cc1ccc(Cn2c(NCC3CCCCN3C(=O)OC(C)(C)C)nc3ccccc32)cc1. The zero-order chi connectivity index (χ0) is 22.7. The van der Waals surface area contributed by atoms with Crippen LogP contribution >= 0.6 is 0 Å². The number of nitrogens with zero attached hydrogens (tertiary/aromatic N) is 3. The van der Waals surface area contributed by atoms with E-state index in [0.29, 0.717) is 6.54 Å². The Kier molecular flexibility index (Phi) is 6.40. The Morgan fingerprint density at radius 2 is 1.88 bits per heavy atom. The molecule has 0 spiro atoms. The van der Waals surface area contributed by atoms with Crippen LogP contribution in [0.5, 0.6) is 0 Å². The molecule has 0 aliphatic carbocycles. The van der Waals surface area contributed by atoms with Gasteiger partial charge in [-0.3, -0.25) is 0 Å². The van der Waals surface area contributed by atoms with Crippen LogP contribution in [0.2, 0.25) is 0 Å². The lowest BCUT2D eigenvalue weighted by Crippen LogP contribution is -2.49. The quantitative estimate of drug-likeness (QED) is 0.568. The number of piperidine rings is 1. The Labute approximate surface area is 190 Å². The molecule has 6 nitrogen and oxygen atoms in total. The molecule has 1 unspecified atom stereocenters. The predicted octanol–water partition coefficient (Wildman–Crippen LogP) is 5.59. The van der Waals surface area contributed by atoms with Gasteiger partial charge in [0.05, 0.1) is 23.6 Å². The number of anilines is 1. The van der Waals surface area contributed by atoms with Crippen molar-refractivity contribution < 1.29 is 9.53 Å². The van der Waals surface area contributed by atoms with E-state index in [4.69, 9.17) is 9.72 Å². The van der Waals surface area contributed by atoms with Crippen molar-refractivity contribution in [2.75, 3.05) is 18.4 Å². The van der Waals surface area contributed by atoms with E-state index in [1.54, 1.807) is 0 Å². The lowest BCUT2D eigenvalue weighted by molar-refractivity contribution is 0.0114. The number of hydrogen-bond acceptors (Lipinski definition) is 4. The summed E-state index contributed by atoms with van der Waals surface area (Å²) < 4.78 is 7.88. The molecule has 1 aliphatic heterocycles. The number of hydrogen-bond donors (Lipinski definition) is 1.